The van der Waals surface area contributed by atoms with Crippen molar-refractivity contribution in [1.29, 1.82) is 0 Å². The second kappa shape index (κ2) is 8.06. The minimum atomic E-state index is -1.03. The zero-order valence-corrected chi connectivity index (χ0v) is 12.4. The molecule has 7 heteroatoms. The van der Waals surface area contributed by atoms with Crippen LogP contribution in [-0.2, 0) is 9.53 Å². The molecule has 0 spiro atoms. The number of nitrogens with zero attached hydrogens (tertiary/aromatic N) is 1. The molecule has 0 saturated carbocycles. The zero-order valence-electron chi connectivity index (χ0n) is 12.4. The third kappa shape index (κ3) is 5.34. The van der Waals surface area contributed by atoms with Crippen molar-refractivity contribution in [2.24, 2.45) is 5.92 Å². The predicted octanol–water partition coefficient (Wildman–Crippen LogP) is 0.116. The van der Waals surface area contributed by atoms with Gasteiger partial charge in [-0.15, -0.1) is 0 Å². The van der Waals surface area contributed by atoms with Crippen LogP contribution in [-0.4, -0.2) is 66.9 Å². The van der Waals surface area contributed by atoms with Gasteiger partial charge in [0.25, 0.3) is 0 Å². The zero-order chi connectivity index (χ0) is 15.1. The number of aliphatic carboxylic acids is 1. The molecule has 1 unspecified atom stereocenters. The number of nitrogens with one attached hydrogen (secondary N) is 2. The van der Waals surface area contributed by atoms with Crippen LogP contribution in [0.5, 0.6) is 0 Å². The Morgan fingerprint density at radius 3 is 2.70 bits per heavy atom. The van der Waals surface area contributed by atoms with Gasteiger partial charge in [0.1, 0.15) is 6.04 Å². The molecule has 1 saturated heterocycles. The number of ether oxygens (including phenoxy) is 1. The number of likely N-dealkylation sites (N-methyl/N-ethyl adjacent to an activating group) is 1. The molecule has 0 aromatic rings. The molecule has 2 atom stereocenters. The molecule has 1 aliphatic heterocycles. The Hall–Kier alpha value is -1.34. The number of carboxylic acids is 1. The van der Waals surface area contributed by atoms with Crippen molar-refractivity contribution in [3.05, 3.63) is 0 Å². The second-order valence-electron chi connectivity index (χ2n) is 5.30. The first kappa shape index (κ1) is 16.7. The summed E-state index contributed by atoms with van der Waals surface area (Å²) < 4.78 is 5.56. The first-order valence-electron chi connectivity index (χ1n) is 7.05. The van der Waals surface area contributed by atoms with Crippen LogP contribution in [0.3, 0.4) is 0 Å². The van der Waals surface area contributed by atoms with E-state index in [0.29, 0.717) is 13.2 Å². The highest BCUT2D eigenvalue weighted by molar-refractivity contribution is 5.82. The fourth-order valence-corrected chi connectivity index (χ4v) is 2.10. The number of rotatable bonds is 6. The van der Waals surface area contributed by atoms with Gasteiger partial charge in [-0.05, 0) is 12.5 Å². The quantitative estimate of drug-likeness (QED) is 0.645. The van der Waals surface area contributed by atoms with Crippen LogP contribution in [0.25, 0.3) is 0 Å². The van der Waals surface area contributed by atoms with Crippen LogP contribution >= 0.6 is 0 Å². The number of amides is 2. The lowest BCUT2D eigenvalue weighted by Gasteiger charge is -2.32. The van der Waals surface area contributed by atoms with Crippen LogP contribution < -0.4 is 10.6 Å². The van der Waals surface area contributed by atoms with E-state index in [2.05, 4.69) is 22.5 Å². The number of morpholine rings is 1. The number of urea groups is 1. The van der Waals surface area contributed by atoms with Crippen molar-refractivity contribution < 1.29 is 19.4 Å². The van der Waals surface area contributed by atoms with Gasteiger partial charge in [0.15, 0.2) is 0 Å². The molecule has 116 valence electrons. The van der Waals surface area contributed by atoms with Gasteiger partial charge >= 0.3 is 12.0 Å². The van der Waals surface area contributed by atoms with Crippen molar-refractivity contribution in [1.82, 2.24) is 15.5 Å². The number of carbonyl (C=O) groups is 2. The number of hydrogen-bond donors (Lipinski definition) is 3. The summed E-state index contributed by atoms with van der Waals surface area (Å²) in [6, 6.07) is -1.35. The standard InChI is InChI=1S/C13H25N3O4/c1-4-16-5-6-20-10(8-16)7-14-13(19)15-11(9(2)3)12(17)18/h9-11H,4-8H2,1-3H3,(H,17,18)(H2,14,15,19)/t10?,11-/m0/s1. The number of carbonyl (C=O) groups excluding carboxylic acids is 1. The van der Waals surface area contributed by atoms with Gasteiger partial charge in [0.2, 0.25) is 0 Å². The molecular formula is C13H25N3O4. The molecule has 1 rings (SSSR count). The minimum absolute atomic E-state index is 0.0446. The van der Waals surface area contributed by atoms with Gasteiger partial charge in [-0.25, -0.2) is 9.59 Å². The van der Waals surface area contributed by atoms with E-state index >= 15 is 0 Å². The van der Waals surface area contributed by atoms with E-state index < -0.39 is 18.0 Å². The molecule has 0 bridgehead atoms. The third-order valence-electron chi connectivity index (χ3n) is 3.38. The summed E-state index contributed by atoms with van der Waals surface area (Å²) in [6.45, 7) is 9.28. The van der Waals surface area contributed by atoms with Crippen molar-refractivity contribution in [2.45, 2.75) is 32.9 Å². The summed E-state index contributed by atoms with van der Waals surface area (Å²) in [7, 11) is 0. The SMILES string of the molecule is CCN1CCOC(CNC(=O)N[C@H](C(=O)O)C(C)C)C1. The molecule has 1 fully saturated rings. The smallest absolute Gasteiger partial charge is 0.326 e. The molecular weight excluding hydrogens is 262 g/mol. The monoisotopic (exact) mass is 287 g/mol. The van der Waals surface area contributed by atoms with Crippen LogP contribution in [0.1, 0.15) is 20.8 Å². The Bertz CT molecular complexity index is 336. The molecule has 7 nitrogen and oxygen atoms in total. The van der Waals surface area contributed by atoms with Gasteiger partial charge in [0, 0.05) is 19.6 Å². The minimum Gasteiger partial charge on any atom is -0.480 e. The summed E-state index contributed by atoms with van der Waals surface area (Å²) in [5.74, 6) is -1.19. The highest BCUT2D eigenvalue weighted by Crippen LogP contribution is 2.04. The Morgan fingerprint density at radius 1 is 1.45 bits per heavy atom. The van der Waals surface area contributed by atoms with E-state index in [1.807, 2.05) is 0 Å². The van der Waals surface area contributed by atoms with Gasteiger partial charge in [-0.2, -0.15) is 0 Å². The van der Waals surface area contributed by atoms with E-state index in [1.165, 1.54) is 0 Å². The predicted molar refractivity (Wildman–Crippen MR) is 74.7 cm³/mol. The summed E-state index contributed by atoms with van der Waals surface area (Å²) in [4.78, 5) is 24.9. The van der Waals surface area contributed by atoms with Crippen LogP contribution in [0.4, 0.5) is 4.79 Å². The fourth-order valence-electron chi connectivity index (χ4n) is 2.10. The first-order valence-corrected chi connectivity index (χ1v) is 7.05. The maximum Gasteiger partial charge on any atom is 0.326 e. The van der Waals surface area contributed by atoms with Gasteiger partial charge < -0.3 is 20.5 Å². The summed E-state index contributed by atoms with van der Waals surface area (Å²) in [6.07, 6.45) is -0.0446. The molecule has 1 heterocycles. The average Bonchev–Trinajstić information content (AvgIpc) is 2.42. The molecule has 1 aliphatic rings. The largest absolute Gasteiger partial charge is 0.480 e. The molecule has 0 radical (unpaired) electrons. The molecule has 0 aliphatic carbocycles. The normalized spacial score (nSPS) is 21.5. The van der Waals surface area contributed by atoms with Crippen LogP contribution in [0, 0.1) is 5.92 Å². The Morgan fingerprint density at radius 2 is 2.15 bits per heavy atom. The van der Waals surface area contributed by atoms with Gasteiger partial charge in [0.05, 0.1) is 12.7 Å². The highest BCUT2D eigenvalue weighted by atomic mass is 16.5. The Kier molecular flexibility index (Phi) is 6.74. The number of hydrogen-bond acceptors (Lipinski definition) is 4. The van der Waals surface area contributed by atoms with Crippen LogP contribution in [0.15, 0.2) is 0 Å². The van der Waals surface area contributed by atoms with E-state index in [9.17, 15) is 9.59 Å². The first-order chi connectivity index (χ1) is 9.43. The highest BCUT2D eigenvalue weighted by Gasteiger charge is 2.24. The van der Waals surface area contributed by atoms with Gasteiger partial charge in [-0.3, -0.25) is 4.90 Å². The molecule has 3 N–H and O–H groups in total. The molecule has 0 aromatic carbocycles. The lowest BCUT2D eigenvalue weighted by atomic mass is 10.1. The van der Waals surface area contributed by atoms with Crippen molar-refractivity contribution in [3.63, 3.8) is 0 Å². The molecule has 0 aromatic heterocycles. The number of carboxylic acid groups (broad SMARTS) is 1. The lowest BCUT2D eigenvalue weighted by molar-refractivity contribution is -0.140. The van der Waals surface area contributed by atoms with Crippen molar-refractivity contribution >= 4 is 12.0 Å². The summed E-state index contributed by atoms with van der Waals surface area (Å²) >= 11 is 0. The van der Waals surface area contributed by atoms with Crippen LogP contribution in [0.2, 0.25) is 0 Å². The molecule has 2 amide bonds. The maximum atomic E-state index is 11.7. The second-order valence-corrected chi connectivity index (χ2v) is 5.30. The summed E-state index contributed by atoms with van der Waals surface area (Å²) in [5.41, 5.74) is 0. The average molecular weight is 287 g/mol. The lowest BCUT2D eigenvalue weighted by Crippen LogP contribution is -2.52. The Labute approximate surface area is 119 Å². The van der Waals surface area contributed by atoms with Crippen molar-refractivity contribution in [3.8, 4) is 0 Å². The topological polar surface area (TPSA) is 90.9 Å². The fraction of sp³-hybridized carbons (Fsp3) is 0.846. The van der Waals surface area contributed by atoms with E-state index in [-0.39, 0.29) is 12.0 Å². The van der Waals surface area contributed by atoms with Crippen molar-refractivity contribution in [2.75, 3.05) is 32.8 Å². The van der Waals surface area contributed by atoms with E-state index in [1.54, 1.807) is 13.8 Å². The Balaban J connectivity index is 2.33. The summed E-state index contributed by atoms with van der Waals surface area (Å²) in [5, 5.41) is 14.1. The van der Waals surface area contributed by atoms with Gasteiger partial charge in [-0.1, -0.05) is 20.8 Å². The third-order valence-corrected chi connectivity index (χ3v) is 3.38. The van der Waals surface area contributed by atoms with E-state index in [4.69, 9.17) is 9.84 Å². The van der Waals surface area contributed by atoms with E-state index in [0.717, 1.165) is 19.6 Å². The maximum absolute atomic E-state index is 11.7. The molecule has 20 heavy (non-hydrogen) atoms.